The molecular weight excluding hydrogens is 321 g/mol. The fourth-order valence-electron chi connectivity index (χ4n) is 2.38. The summed E-state index contributed by atoms with van der Waals surface area (Å²) < 4.78 is 45.9. The second kappa shape index (κ2) is 5.77. The summed E-state index contributed by atoms with van der Waals surface area (Å²) >= 11 is 0. The van der Waals surface area contributed by atoms with Crippen LogP contribution in [-0.2, 0) is 13.2 Å². The number of fused-ring (bicyclic) bond motifs is 1. The van der Waals surface area contributed by atoms with Gasteiger partial charge >= 0.3 is 6.18 Å². The molecule has 0 amide bonds. The number of imidazole rings is 1. The summed E-state index contributed by atoms with van der Waals surface area (Å²) in [5, 5.41) is 0. The summed E-state index contributed by atoms with van der Waals surface area (Å²) in [6.45, 7) is 3.76. The minimum Gasteiger partial charge on any atom is -0.489 e. The number of ether oxygens (including phenoxy) is 1. The topological polar surface area (TPSA) is 52.8 Å². The number of alkyl halides is 3. The van der Waals surface area contributed by atoms with Crippen molar-refractivity contribution in [2.75, 3.05) is 0 Å². The lowest BCUT2D eigenvalue weighted by Crippen LogP contribution is -2.07. The maximum Gasteiger partial charge on any atom is 0.417 e. The summed E-state index contributed by atoms with van der Waals surface area (Å²) in [7, 11) is 1.70. The summed E-state index contributed by atoms with van der Waals surface area (Å²) in [6, 6.07) is 2.71. The Morgan fingerprint density at radius 1 is 1.21 bits per heavy atom. The average molecular weight is 336 g/mol. The smallest absolute Gasteiger partial charge is 0.417 e. The Kier molecular flexibility index (Phi) is 3.90. The van der Waals surface area contributed by atoms with E-state index in [0.29, 0.717) is 22.8 Å². The van der Waals surface area contributed by atoms with Crippen molar-refractivity contribution < 1.29 is 17.9 Å². The first-order chi connectivity index (χ1) is 11.3. The molecule has 0 radical (unpaired) electrons. The maximum atomic E-state index is 12.9. The molecule has 0 saturated carbocycles. The van der Waals surface area contributed by atoms with Crippen molar-refractivity contribution in [2.24, 2.45) is 7.05 Å². The van der Waals surface area contributed by atoms with Crippen LogP contribution >= 0.6 is 0 Å². The van der Waals surface area contributed by atoms with Crippen LogP contribution in [0.3, 0.4) is 0 Å². The van der Waals surface area contributed by atoms with E-state index in [4.69, 9.17) is 4.74 Å². The van der Waals surface area contributed by atoms with Crippen molar-refractivity contribution in [1.29, 1.82) is 0 Å². The monoisotopic (exact) mass is 336 g/mol. The zero-order valence-corrected chi connectivity index (χ0v) is 13.3. The molecule has 3 rings (SSSR count). The molecule has 0 unspecified atom stereocenters. The molecule has 0 aliphatic heterocycles. The van der Waals surface area contributed by atoms with Gasteiger partial charge in [-0.25, -0.2) is 9.97 Å². The minimum atomic E-state index is -4.46. The van der Waals surface area contributed by atoms with Gasteiger partial charge in [0.05, 0.1) is 23.4 Å². The van der Waals surface area contributed by atoms with Gasteiger partial charge in [-0.05, 0) is 26.0 Å². The molecule has 0 atom stereocenters. The van der Waals surface area contributed by atoms with Crippen LogP contribution in [0.2, 0.25) is 0 Å². The van der Waals surface area contributed by atoms with E-state index in [9.17, 15) is 13.2 Å². The molecule has 0 spiro atoms. The number of aromatic nitrogens is 4. The normalized spacial score (nSPS) is 12.1. The molecule has 8 heteroatoms. The van der Waals surface area contributed by atoms with Crippen LogP contribution in [0, 0.1) is 0 Å². The molecular formula is C16H15F3N4O. The fourth-order valence-corrected chi connectivity index (χ4v) is 2.38. The Hall–Kier alpha value is -2.64. The lowest BCUT2D eigenvalue weighted by Gasteiger charge is -2.13. The molecule has 0 fully saturated rings. The highest BCUT2D eigenvalue weighted by Crippen LogP contribution is 2.33. The standard InChI is InChI=1S/C16H15F3N4O/c1-9(2)24-13-8-20-5-4-11(13)14-22-12-6-10(16(17,18)19)7-21-15(12)23(14)3/h4-9H,1-3H3. The number of aryl methyl sites for hydroxylation is 1. The number of hydrogen-bond donors (Lipinski definition) is 0. The third kappa shape index (κ3) is 2.91. The van der Waals surface area contributed by atoms with Gasteiger partial charge in [-0.2, -0.15) is 13.2 Å². The Balaban J connectivity index is 2.16. The highest BCUT2D eigenvalue weighted by Gasteiger charge is 2.31. The first kappa shape index (κ1) is 16.2. The van der Waals surface area contributed by atoms with Gasteiger partial charge in [-0.1, -0.05) is 0 Å². The molecule has 0 aliphatic rings. The summed E-state index contributed by atoms with van der Waals surface area (Å²) in [5.74, 6) is 0.983. The number of halogens is 3. The minimum absolute atomic E-state index is 0.0717. The molecule has 0 saturated heterocycles. The van der Waals surface area contributed by atoms with E-state index in [1.54, 1.807) is 30.1 Å². The van der Waals surface area contributed by atoms with Gasteiger partial charge in [0.2, 0.25) is 0 Å². The third-order valence-electron chi connectivity index (χ3n) is 3.42. The van der Waals surface area contributed by atoms with Gasteiger partial charge in [-0.3, -0.25) is 4.98 Å². The number of pyridine rings is 2. The van der Waals surface area contributed by atoms with Crippen molar-refractivity contribution in [2.45, 2.75) is 26.1 Å². The second-order valence-corrected chi connectivity index (χ2v) is 5.60. The molecule has 126 valence electrons. The van der Waals surface area contributed by atoms with Gasteiger partial charge < -0.3 is 9.30 Å². The van der Waals surface area contributed by atoms with E-state index >= 15 is 0 Å². The van der Waals surface area contributed by atoms with E-state index in [-0.39, 0.29) is 11.6 Å². The van der Waals surface area contributed by atoms with Crippen LogP contribution in [-0.4, -0.2) is 25.6 Å². The van der Waals surface area contributed by atoms with E-state index in [2.05, 4.69) is 15.0 Å². The van der Waals surface area contributed by atoms with Crippen molar-refractivity contribution in [1.82, 2.24) is 19.5 Å². The number of rotatable bonds is 3. The van der Waals surface area contributed by atoms with Gasteiger partial charge in [-0.15, -0.1) is 0 Å². The molecule has 0 aromatic carbocycles. The predicted octanol–water partition coefficient (Wildman–Crippen LogP) is 3.84. The highest BCUT2D eigenvalue weighted by molar-refractivity contribution is 5.79. The van der Waals surface area contributed by atoms with Crippen LogP contribution < -0.4 is 4.74 Å². The van der Waals surface area contributed by atoms with Crippen LogP contribution in [0.4, 0.5) is 13.2 Å². The first-order valence-electron chi connectivity index (χ1n) is 7.28. The van der Waals surface area contributed by atoms with Crippen molar-refractivity contribution in [3.63, 3.8) is 0 Å². The van der Waals surface area contributed by atoms with Crippen LogP contribution in [0.25, 0.3) is 22.6 Å². The largest absolute Gasteiger partial charge is 0.489 e. The second-order valence-electron chi connectivity index (χ2n) is 5.60. The first-order valence-corrected chi connectivity index (χ1v) is 7.28. The summed E-state index contributed by atoms with van der Waals surface area (Å²) in [4.78, 5) is 12.3. The maximum absolute atomic E-state index is 12.9. The zero-order valence-electron chi connectivity index (χ0n) is 13.3. The fraction of sp³-hybridized carbons (Fsp3) is 0.312. The molecule has 5 nitrogen and oxygen atoms in total. The number of nitrogens with zero attached hydrogens (tertiary/aromatic N) is 4. The zero-order chi connectivity index (χ0) is 17.5. The molecule has 24 heavy (non-hydrogen) atoms. The van der Waals surface area contributed by atoms with Crippen molar-refractivity contribution in [3.8, 4) is 17.1 Å². The third-order valence-corrected chi connectivity index (χ3v) is 3.42. The molecule has 0 aliphatic carbocycles. The van der Waals surface area contributed by atoms with E-state index in [1.807, 2.05) is 13.8 Å². The molecule has 3 heterocycles. The Morgan fingerprint density at radius 3 is 2.62 bits per heavy atom. The van der Waals surface area contributed by atoms with E-state index in [1.165, 1.54) is 0 Å². The SMILES string of the molecule is CC(C)Oc1cnccc1-c1nc2cc(C(F)(F)F)cnc2n1C. The van der Waals surface area contributed by atoms with E-state index in [0.717, 1.165) is 12.3 Å². The Labute approximate surface area is 136 Å². The Bertz CT molecular complexity index is 887. The molecule has 0 N–H and O–H groups in total. The van der Waals surface area contributed by atoms with Crippen LogP contribution in [0.5, 0.6) is 5.75 Å². The van der Waals surface area contributed by atoms with Gasteiger partial charge in [0.25, 0.3) is 0 Å². The van der Waals surface area contributed by atoms with Crippen molar-refractivity contribution >= 4 is 11.2 Å². The lowest BCUT2D eigenvalue weighted by atomic mass is 10.2. The van der Waals surface area contributed by atoms with E-state index < -0.39 is 11.7 Å². The number of hydrogen-bond acceptors (Lipinski definition) is 4. The molecule has 0 bridgehead atoms. The van der Waals surface area contributed by atoms with Gasteiger partial charge in [0.1, 0.15) is 17.1 Å². The van der Waals surface area contributed by atoms with Crippen molar-refractivity contribution in [3.05, 3.63) is 36.3 Å². The molecule has 3 aromatic heterocycles. The predicted molar refractivity (Wildman–Crippen MR) is 82.5 cm³/mol. The van der Waals surface area contributed by atoms with Crippen LogP contribution in [0.15, 0.2) is 30.7 Å². The van der Waals surface area contributed by atoms with Gasteiger partial charge in [0.15, 0.2) is 5.65 Å². The van der Waals surface area contributed by atoms with Crippen LogP contribution in [0.1, 0.15) is 19.4 Å². The molecule has 3 aromatic rings. The quantitative estimate of drug-likeness (QED) is 0.729. The summed E-state index contributed by atoms with van der Waals surface area (Å²) in [6.07, 6.45) is -0.579. The van der Waals surface area contributed by atoms with Gasteiger partial charge in [0, 0.05) is 19.4 Å². The Morgan fingerprint density at radius 2 is 1.96 bits per heavy atom. The average Bonchev–Trinajstić information content (AvgIpc) is 2.83. The highest BCUT2D eigenvalue weighted by atomic mass is 19.4. The summed E-state index contributed by atoms with van der Waals surface area (Å²) in [5.41, 5.74) is 0.362. The lowest BCUT2D eigenvalue weighted by molar-refractivity contribution is -0.137.